The maximum atomic E-state index is 12.2. The van der Waals surface area contributed by atoms with E-state index in [1.54, 1.807) is 17.7 Å². The van der Waals surface area contributed by atoms with Crippen LogP contribution in [0.1, 0.15) is 23.7 Å². The van der Waals surface area contributed by atoms with Crippen LogP contribution in [0, 0.1) is 0 Å². The third kappa shape index (κ3) is 4.20. The summed E-state index contributed by atoms with van der Waals surface area (Å²) in [6.45, 7) is 0.356. The molecule has 1 amide bonds. The van der Waals surface area contributed by atoms with Crippen LogP contribution in [-0.4, -0.2) is 25.7 Å². The first-order valence-corrected chi connectivity index (χ1v) is 9.67. The molecule has 0 spiro atoms. The molecule has 6 nitrogen and oxygen atoms in total. The fourth-order valence-electron chi connectivity index (χ4n) is 2.88. The molecular formula is C20H19N5OS. The summed E-state index contributed by atoms with van der Waals surface area (Å²) in [6.07, 6.45) is 3.71. The van der Waals surface area contributed by atoms with Crippen LogP contribution < -0.4 is 5.32 Å². The van der Waals surface area contributed by atoms with Gasteiger partial charge in [0, 0.05) is 12.1 Å². The molecule has 136 valence electrons. The Morgan fingerprint density at radius 3 is 2.74 bits per heavy atom. The lowest BCUT2D eigenvalue weighted by atomic mass is 10.2. The van der Waals surface area contributed by atoms with Crippen molar-refractivity contribution < 1.29 is 4.79 Å². The Bertz CT molecular complexity index is 1010. The van der Waals surface area contributed by atoms with Gasteiger partial charge in [0.2, 0.25) is 5.91 Å². The molecule has 7 heteroatoms. The molecule has 0 radical (unpaired) electrons. The molecule has 0 fully saturated rings. The summed E-state index contributed by atoms with van der Waals surface area (Å²) in [5, 5.41) is 12.1. The van der Waals surface area contributed by atoms with Gasteiger partial charge >= 0.3 is 0 Å². The number of hydrogen-bond donors (Lipinski definition) is 1. The topological polar surface area (TPSA) is 72.7 Å². The summed E-state index contributed by atoms with van der Waals surface area (Å²) in [5.41, 5.74) is 2.00. The van der Waals surface area contributed by atoms with Crippen molar-refractivity contribution in [3.05, 3.63) is 71.8 Å². The van der Waals surface area contributed by atoms with Gasteiger partial charge in [0.05, 0.1) is 21.8 Å². The van der Waals surface area contributed by atoms with Crippen LogP contribution in [0.4, 0.5) is 0 Å². The van der Waals surface area contributed by atoms with Gasteiger partial charge in [-0.25, -0.2) is 4.98 Å². The molecular weight excluding hydrogens is 358 g/mol. The number of nitrogens with one attached hydrogen (secondary N) is 1. The number of nitrogens with zero attached hydrogens (tertiary/aromatic N) is 4. The number of carbonyl (C=O) groups is 1. The maximum absolute atomic E-state index is 12.2. The SMILES string of the molecule is O=C(CCCc1nc2ccccc2s1)NCc1nncn1-c1ccccc1. The van der Waals surface area contributed by atoms with Crippen LogP contribution >= 0.6 is 11.3 Å². The first-order valence-electron chi connectivity index (χ1n) is 8.85. The van der Waals surface area contributed by atoms with Gasteiger partial charge in [0.25, 0.3) is 0 Å². The van der Waals surface area contributed by atoms with Crippen molar-refractivity contribution in [1.82, 2.24) is 25.1 Å². The van der Waals surface area contributed by atoms with Crippen LogP contribution in [0.3, 0.4) is 0 Å². The summed E-state index contributed by atoms with van der Waals surface area (Å²) in [6, 6.07) is 17.9. The number of aromatic nitrogens is 4. The molecule has 0 aliphatic carbocycles. The maximum Gasteiger partial charge on any atom is 0.220 e. The molecule has 1 N–H and O–H groups in total. The number of benzene rings is 2. The first kappa shape index (κ1) is 17.4. The molecule has 0 saturated carbocycles. The predicted molar refractivity (Wildman–Crippen MR) is 106 cm³/mol. The van der Waals surface area contributed by atoms with Gasteiger partial charge in [-0.1, -0.05) is 30.3 Å². The quantitative estimate of drug-likeness (QED) is 0.535. The van der Waals surface area contributed by atoms with Crippen LogP contribution in [0.15, 0.2) is 60.9 Å². The second-order valence-electron chi connectivity index (χ2n) is 6.16. The summed E-state index contributed by atoms with van der Waals surface area (Å²) >= 11 is 1.70. The van der Waals surface area contributed by atoms with Crippen LogP contribution in [-0.2, 0) is 17.8 Å². The van der Waals surface area contributed by atoms with E-state index in [4.69, 9.17) is 0 Å². The van der Waals surface area contributed by atoms with E-state index >= 15 is 0 Å². The smallest absolute Gasteiger partial charge is 0.220 e. The third-order valence-electron chi connectivity index (χ3n) is 4.23. The van der Waals surface area contributed by atoms with Crippen LogP contribution in [0.2, 0.25) is 0 Å². The number of hydrogen-bond acceptors (Lipinski definition) is 5. The number of rotatable bonds is 7. The number of thiazole rings is 1. The Kier molecular flexibility index (Phi) is 5.20. The second-order valence-corrected chi connectivity index (χ2v) is 7.27. The summed E-state index contributed by atoms with van der Waals surface area (Å²) in [4.78, 5) is 16.8. The largest absolute Gasteiger partial charge is 0.349 e. The second kappa shape index (κ2) is 8.09. The van der Waals surface area contributed by atoms with Gasteiger partial charge in [-0.15, -0.1) is 21.5 Å². The van der Waals surface area contributed by atoms with E-state index < -0.39 is 0 Å². The fraction of sp³-hybridized carbons (Fsp3) is 0.200. The Hall–Kier alpha value is -3.06. The molecule has 0 unspecified atom stereocenters. The molecule has 0 saturated heterocycles. The Balaban J connectivity index is 1.27. The minimum absolute atomic E-state index is 0.0127. The average Bonchev–Trinajstić information content (AvgIpc) is 3.33. The zero-order valence-electron chi connectivity index (χ0n) is 14.7. The lowest BCUT2D eigenvalue weighted by Gasteiger charge is -2.07. The normalized spacial score (nSPS) is 11.0. The van der Waals surface area contributed by atoms with Crippen molar-refractivity contribution in [2.45, 2.75) is 25.8 Å². The van der Waals surface area contributed by atoms with Crippen molar-refractivity contribution in [3.8, 4) is 5.69 Å². The lowest BCUT2D eigenvalue weighted by Crippen LogP contribution is -2.24. The molecule has 4 aromatic rings. The van der Waals surface area contributed by atoms with Crippen LogP contribution in [0.5, 0.6) is 0 Å². The number of amides is 1. The Morgan fingerprint density at radius 2 is 1.89 bits per heavy atom. The highest BCUT2D eigenvalue weighted by atomic mass is 32.1. The predicted octanol–water partition coefficient (Wildman–Crippen LogP) is 3.52. The van der Waals surface area contributed by atoms with Crippen molar-refractivity contribution in [3.63, 3.8) is 0 Å². The van der Waals surface area contributed by atoms with Crippen molar-refractivity contribution in [1.29, 1.82) is 0 Å². The van der Waals surface area contributed by atoms with E-state index in [-0.39, 0.29) is 5.91 Å². The minimum atomic E-state index is 0.0127. The third-order valence-corrected chi connectivity index (χ3v) is 5.33. The molecule has 0 aliphatic rings. The highest BCUT2D eigenvalue weighted by molar-refractivity contribution is 7.18. The first-order chi connectivity index (χ1) is 13.3. The zero-order chi connectivity index (χ0) is 18.5. The molecule has 0 atom stereocenters. The van der Waals surface area contributed by atoms with E-state index in [9.17, 15) is 4.79 Å². The number of fused-ring (bicyclic) bond motifs is 1. The van der Waals surface area contributed by atoms with E-state index in [1.165, 1.54) is 4.70 Å². The van der Waals surface area contributed by atoms with Crippen molar-refractivity contribution in [2.24, 2.45) is 0 Å². The van der Waals surface area contributed by atoms with E-state index in [2.05, 4.69) is 26.6 Å². The highest BCUT2D eigenvalue weighted by Crippen LogP contribution is 2.22. The number of aryl methyl sites for hydroxylation is 1. The van der Waals surface area contributed by atoms with Gasteiger partial charge in [-0.05, 0) is 37.1 Å². The Morgan fingerprint density at radius 1 is 1.07 bits per heavy atom. The Labute approximate surface area is 160 Å². The van der Waals surface area contributed by atoms with Gasteiger partial charge in [-0.2, -0.15) is 0 Å². The molecule has 2 aromatic carbocycles. The molecule has 2 heterocycles. The van der Waals surface area contributed by atoms with Crippen molar-refractivity contribution >= 4 is 27.5 Å². The van der Waals surface area contributed by atoms with E-state index in [0.29, 0.717) is 18.8 Å². The van der Waals surface area contributed by atoms with Crippen LogP contribution in [0.25, 0.3) is 15.9 Å². The fourth-order valence-corrected chi connectivity index (χ4v) is 3.89. The lowest BCUT2D eigenvalue weighted by molar-refractivity contribution is -0.121. The molecule has 4 rings (SSSR count). The molecule has 0 aliphatic heterocycles. The highest BCUT2D eigenvalue weighted by Gasteiger charge is 2.09. The van der Waals surface area contributed by atoms with Gasteiger partial charge in [0.1, 0.15) is 6.33 Å². The monoisotopic (exact) mass is 377 g/mol. The summed E-state index contributed by atoms with van der Waals surface area (Å²) in [5.74, 6) is 0.722. The summed E-state index contributed by atoms with van der Waals surface area (Å²) < 4.78 is 3.07. The van der Waals surface area contributed by atoms with Gasteiger partial charge in [0.15, 0.2) is 5.82 Å². The molecule has 2 aromatic heterocycles. The molecule has 0 bridgehead atoms. The van der Waals surface area contributed by atoms with E-state index in [1.807, 2.05) is 53.1 Å². The van der Waals surface area contributed by atoms with Gasteiger partial charge in [-0.3, -0.25) is 9.36 Å². The van der Waals surface area contributed by atoms with Gasteiger partial charge < -0.3 is 5.32 Å². The molecule has 27 heavy (non-hydrogen) atoms. The average molecular weight is 377 g/mol. The minimum Gasteiger partial charge on any atom is -0.349 e. The zero-order valence-corrected chi connectivity index (χ0v) is 15.5. The van der Waals surface area contributed by atoms with E-state index in [0.717, 1.165) is 29.1 Å². The number of carbonyl (C=O) groups excluding carboxylic acids is 1. The standard InChI is InChI=1S/C20H19N5OS/c26-19(11-6-12-20-23-16-9-4-5-10-17(16)27-20)21-13-18-24-22-14-25(18)15-7-2-1-3-8-15/h1-5,7-10,14H,6,11-13H2,(H,21,26). The summed E-state index contributed by atoms with van der Waals surface area (Å²) in [7, 11) is 0. The van der Waals surface area contributed by atoms with Crippen molar-refractivity contribution in [2.75, 3.05) is 0 Å². The number of para-hydroxylation sites is 2.